The number of nitrogens with zero attached hydrogens (tertiary/aromatic N) is 2. The van der Waals surface area contributed by atoms with Gasteiger partial charge >= 0.3 is 0 Å². The minimum Gasteiger partial charge on any atom is -0.313 e. The summed E-state index contributed by atoms with van der Waals surface area (Å²) in [4.78, 5) is 0. The molecule has 1 N–H and O–H groups in total. The van der Waals surface area contributed by atoms with Crippen molar-refractivity contribution in [1.29, 1.82) is 0 Å². The molecular weight excluding hydrogens is 210 g/mol. The van der Waals surface area contributed by atoms with Crippen LogP contribution < -0.4 is 5.32 Å². The Morgan fingerprint density at radius 2 is 2.29 bits per heavy atom. The second-order valence-electron chi connectivity index (χ2n) is 4.77. The van der Waals surface area contributed by atoms with Crippen molar-refractivity contribution in [2.45, 2.75) is 45.6 Å². The molecule has 1 aliphatic rings. The molecule has 0 aromatic carbocycles. The molecule has 0 radical (unpaired) electrons. The van der Waals surface area contributed by atoms with Crippen LogP contribution in [-0.4, -0.2) is 22.9 Å². The van der Waals surface area contributed by atoms with Gasteiger partial charge in [-0.25, -0.2) is 0 Å². The Bertz CT molecular complexity index is 367. The predicted molar refractivity (Wildman–Crippen MR) is 71.9 cm³/mol. The fraction of sp³-hybridized carbons (Fsp3) is 0.643. The number of aromatic nitrogens is 2. The fourth-order valence-corrected chi connectivity index (χ4v) is 2.41. The topological polar surface area (TPSA) is 29.9 Å². The first-order valence-corrected chi connectivity index (χ1v) is 6.78. The average Bonchev–Trinajstić information content (AvgIpc) is 2.81. The third kappa shape index (κ3) is 3.19. The van der Waals surface area contributed by atoms with Crippen molar-refractivity contribution in [2.24, 2.45) is 0 Å². The van der Waals surface area contributed by atoms with Crippen molar-refractivity contribution in [3.63, 3.8) is 0 Å². The van der Waals surface area contributed by atoms with Crippen LogP contribution in [0.4, 0.5) is 0 Å². The summed E-state index contributed by atoms with van der Waals surface area (Å²) in [7, 11) is 0. The summed E-state index contributed by atoms with van der Waals surface area (Å²) in [6, 6.07) is 2.67. The monoisotopic (exact) mass is 233 g/mol. The highest BCUT2D eigenvalue weighted by Crippen LogP contribution is 2.17. The minimum atomic E-state index is 0.548. The van der Waals surface area contributed by atoms with Crippen LogP contribution in [0.15, 0.2) is 17.8 Å². The highest BCUT2D eigenvalue weighted by Gasteiger charge is 2.08. The zero-order valence-corrected chi connectivity index (χ0v) is 10.9. The minimum absolute atomic E-state index is 0.548. The highest BCUT2D eigenvalue weighted by atomic mass is 15.3. The maximum Gasteiger partial charge on any atom is 0.0851 e. The quantitative estimate of drug-likeness (QED) is 0.866. The lowest BCUT2D eigenvalue weighted by Crippen LogP contribution is -2.23. The number of hydrogen-bond donors (Lipinski definition) is 1. The van der Waals surface area contributed by atoms with Gasteiger partial charge < -0.3 is 5.32 Å². The van der Waals surface area contributed by atoms with Gasteiger partial charge in [0.15, 0.2) is 0 Å². The van der Waals surface area contributed by atoms with Crippen molar-refractivity contribution in [1.82, 2.24) is 15.1 Å². The van der Waals surface area contributed by atoms with Gasteiger partial charge in [-0.2, -0.15) is 5.10 Å². The maximum atomic E-state index is 4.66. The molecule has 1 aromatic rings. The summed E-state index contributed by atoms with van der Waals surface area (Å²) in [5, 5.41) is 8.06. The van der Waals surface area contributed by atoms with E-state index in [1.165, 1.54) is 18.4 Å². The van der Waals surface area contributed by atoms with Crippen molar-refractivity contribution in [2.75, 3.05) is 13.1 Å². The molecule has 3 heteroatoms. The zero-order valence-electron chi connectivity index (χ0n) is 10.9. The SMILES string of the molecule is CCC(CC)n1ccc(C=C2CCCNC2)n1. The van der Waals surface area contributed by atoms with Gasteiger partial charge in [0.25, 0.3) is 0 Å². The first-order chi connectivity index (χ1) is 8.33. The Morgan fingerprint density at radius 3 is 2.94 bits per heavy atom. The van der Waals surface area contributed by atoms with Crippen LogP contribution in [0, 0.1) is 0 Å². The van der Waals surface area contributed by atoms with Crippen LogP contribution in [0.5, 0.6) is 0 Å². The molecule has 0 amide bonds. The van der Waals surface area contributed by atoms with Gasteiger partial charge in [0.2, 0.25) is 0 Å². The van der Waals surface area contributed by atoms with E-state index in [2.05, 4.69) is 47.3 Å². The van der Waals surface area contributed by atoms with Crippen molar-refractivity contribution in [3.8, 4) is 0 Å². The van der Waals surface area contributed by atoms with E-state index in [9.17, 15) is 0 Å². The predicted octanol–water partition coefficient (Wildman–Crippen LogP) is 3.01. The Balaban J connectivity index is 2.07. The number of hydrogen-bond acceptors (Lipinski definition) is 2. The summed E-state index contributed by atoms with van der Waals surface area (Å²) in [5.41, 5.74) is 2.58. The first kappa shape index (κ1) is 12.4. The summed E-state index contributed by atoms with van der Waals surface area (Å²) >= 11 is 0. The lowest BCUT2D eigenvalue weighted by molar-refractivity contribution is 0.428. The zero-order chi connectivity index (χ0) is 12.1. The molecule has 1 fully saturated rings. The van der Waals surface area contributed by atoms with Gasteiger partial charge in [-0.05, 0) is 44.4 Å². The van der Waals surface area contributed by atoms with E-state index in [0.29, 0.717) is 6.04 Å². The smallest absolute Gasteiger partial charge is 0.0851 e. The van der Waals surface area contributed by atoms with E-state index in [1.807, 2.05) is 0 Å². The maximum absolute atomic E-state index is 4.66. The molecule has 0 bridgehead atoms. The number of piperidine rings is 1. The van der Waals surface area contributed by atoms with Crippen molar-refractivity contribution in [3.05, 3.63) is 23.5 Å². The molecule has 94 valence electrons. The second kappa shape index (κ2) is 6.01. The summed E-state index contributed by atoms with van der Waals surface area (Å²) in [6.45, 7) is 6.62. The largest absolute Gasteiger partial charge is 0.313 e. The van der Waals surface area contributed by atoms with Crippen LogP contribution in [0.3, 0.4) is 0 Å². The first-order valence-electron chi connectivity index (χ1n) is 6.78. The van der Waals surface area contributed by atoms with Gasteiger partial charge in [-0.15, -0.1) is 0 Å². The molecule has 2 rings (SSSR count). The van der Waals surface area contributed by atoms with Crippen molar-refractivity contribution >= 4 is 6.08 Å². The third-order valence-electron chi connectivity index (χ3n) is 3.50. The van der Waals surface area contributed by atoms with Gasteiger partial charge in [0.1, 0.15) is 0 Å². The molecule has 0 saturated carbocycles. The Labute approximate surface area is 104 Å². The normalized spacial score (nSPS) is 19.1. The average molecular weight is 233 g/mol. The van der Waals surface area contributed by atoms with Gasteiger partial charge in [-0.1, -0.05) is 19.4 Å². The van der Waals surface area contributed by atoms with E-state index in [1.54, 1.807) is 0 Å². The van der Waals surface area contributed by atoms with Crippen LogP contribution in [0.1, 0.15) is 51.3 Å². The van der Waals surface area contributed by atoms with E-state index in [4.69, 9.17) is 0 Å². The fourth-order valence-electron chi connectivity index (χ4n) is 2.41. The Hall–Kier alpha value is -1.09. The van der Waals surface area contributed by atoms with Crippen LogP contribution >= 0.6 is 0 Å². The second-order valence-corrected chi connectivity index (χ2v) is 4.77. The molecular formula is C14H23N3. The number of nitrogens with one attached hydrogen (secondary N) is 1. The van der Waals surface area contributed by atoms with E-state index >= 15 is 0 Å². The van der Waals surface area contributed by atoms with E-state index in [-0.39, 0.29) is 0 Å². The van der Waals surface area contributed by atoms with Crippen LogP contribution in [-0.2, 0) is 0 Å². The lowest BCUT2D eigenvalue weighted by atomic mass is 10.1. The number of rotatable bonds is 4. The Kier molecular flexibility index (Phi) is 4.37. The van der Waals surface area contributed by atoms with Gasteiger partial charge in [0.05, 0.1) is 11.7 Å². The van der Waals surface area contributed by atoms with Gasteiger partial charge in [0, 0.05) is 12.7 Å². The molecule has 1 aliphatic heterocycles. The summed E-state index contributed by atoms with van der Waals surface area (Å²) < 4.78 is 2.11. The molecule has 0 atom stereocenters. The van der Waals surface area contributed by atoms with Crippen LogP contribution in [0.25, 0.3) is 6.08 Å². The molecule has 0 aliphatic carbocycles. The molecule has 2 heterocycles. The summed E-state index contributed by atoms with van der Waals surface area (Å²) in [5.74, 6) is 0. The molecule has 1 saturated heterocycles. The molecule has 17 heavy (non-hydrogen) atoms. The van der Waals surface area contributed by atoms with Crippen LogP contribution in [0.2, 0.25) is 0 Å². The molecule has 1 aromatic heterocycles. The van der Waals surface area contributed by atoms with Crippen molar-refractivity contribution < 1.29 is 0 Å². The standard InChI is InChI=1S/C14H23N3/c1-3-14(4-2)17-9-7-13(16-17)10-12-6-5-8-15-11-12/h7,9-10,14-15H,3-6,8,11H2,1-2H3. The lowest BCUT2D eigenvalue weighted by Gasteiger charge is -2.15. The third-order valence-corrected chi connectivity index (χ3v) is 3.50. The highest BCUT2D eigenvalue weighted by molar-refractivity contribution is 5.49. The van der Waals surface area contributed by atoms with Gasteiger partial charge in [-0.3, -0.25) is 4.68 Å². The van der Waals surface area contributed by atoms with E-state index in [0.717, 1.165) is 31.6 Å². The Morgan fingerprint density at radius 1 is 1.47 bits per heavy atom. The molecule has 3 nitrogen and oxygen atoms in total. The summed E-state index contributed by atoms with van der Waals surface area (Å²) in [6.07, 6.45) is 9.11. The molecule has 0 spiro atoms. The molecule has 0 unspecified atom stereocenters. The van der Waals surface area contributed by atoms with E-state index < -0.39 is 0 Å².